The van der Waals surface area contributed by atoms with Gasteiger partial charge in [0.25, 0.3) is 0 Å². The number of carbonyl (C=O) groups is 3. The average molecular weight is 1100 g/mol. The molecule has 0 aromatic heterocycles. The van der Waals surface area contributed by atoms with Gasteiger partial charge in [-0.15, -0.1) is 0 Å². The van der Waals surface area contributed by atoms with Crippen LogP contribution >= 0.6 is 0 Å². The van der Waals surface area contributed by atoms with Gasteiger partial charge in [0.15, 0.2) is 6.10 Å². The van der Waals surface area contributed by atoms with Crippen molar-refractivity contribution < 1.29 is 28.6 Å². The van der Waals surface area contributed by atoms with Gasteiger partial charge in [0.05, 0.1) is 0 Å². The fraction of sp³-hybridized carbons (Fsp3) is 0.931. The van der Waals surface area contributed by atoms with Crippen LogP contribution in [0.4, 0.5) is 0 Å². The molecule has 0 radical (unpaired) electrons. The van der Waals surface area contributed by atoms with E-state index < -0.39 is 6.10 Å². The number of esters is 3. The van der Waals surface area contributed by atoms with Gasteiger partial charge in [-0.3, -0.25) is 14.4 Å². The molecule has 0 amide bonds. The van der Waals surface area contributed by atoms with Crippen molar-refractivity contribution in [2.24, 2.45) is 0 Å². The fourth-order valence-corrected chi connectivity index (χ4v) is 11.2. The summed E-state index contributed by atoms with van der Waals surface area (Å²) >= 11 is 0. The molecule has 6 nitrogen and oxygen atoms in total. The Kier molecular flexibility index (Phi) is 66.0. The van der Waals surface area contributed by atoms with Crippen LogP contribution in [0.3, 0.4) is 0 Å². The smallest absolute Gasteiger partial charge is 0.306 e. The second kappa shape index (κ2) is 67.7. The largest absolute Gasteiger partial charge is 0.462 e. The lowest BCUT2D eigenvalue weighted by atomic mass is 10.0. The number of ether oxygens (including phenoxy) is 3. The average Bonchev–Trinajstić information content (AvgIpc) is 3.44. The van der Waals surface area contributed by atoms with Gasteiger partial charge in [0, 0.05) is 19.3 Å². The number of allylic oxidation sites excluding steroid dienone is 2. The Bertz CT molecular complexity index is 1210. The van der Waals surface area contributed by atoms with Crippen molar-refractivity contribution in [2.45, 2.75) is 419 Å². The van der Waals surface area contributed by atoms with E-state index in [0.717, 1.165) is 57.8 Å². The van der Waals surface area contributed by atoms with Crippen molar-refractivity contribution in [3.63, 3.8) is 0 Å². The highest BCUT2D eigenvalue weighted by molar-refractivity contribution is 5.71. The zero-order valence-corrected chi connectivity index (χ0v) is 53.2. The van der Waals surface area contributed by atoms with Crippen molar-refractivity contribution in [3.05, 3.63) is 12.2 Å². The number of carbonyl (C=O) groups excluding carboxylic acids is 3. The lowest BCUT2D eigenvalue weighted by Gasteiger charge is -2.18. The Balaban J connectivity index is 4.04. The van der Waals surface area contributed by atoms with Crippen molar-refractivity contribution in [3.8, 4) is 0 Å². The molecule has 0 saturated carbocycles. The summed E-state index contributed by atoms with van der Waals surface area (Å²) in [6.45, 7) is 6.70. The topological polar surface area (TPSA) is 78.9 Å². The van der Waals surface area contributed by atoms with Gasteiger partial charge in [-0.25, -0.2) is 0 Å². The number of unbranched alkanes of at least 4 members (excludes halogenated alkanes) is 54. The van der Waals surface area contributed by atoms with Gasteiger partial charge in [0.2, 0.25) is 0 Å². The molecule has 0 bridgehead atoms. The van der Waals surface area contributed by atoms with Crippen LogP contribution in [-0.4, -0.2) is 37.2 Å². The zero-order valence-electron chi connectivity index (χ0n) is 53.2. The van der Waals surface area contributed by atoms with Crippen molar-refractivity contribution >= 4 is 17.9 Å². The van der Waals surface area contributed by atoms with Crippen LogP contribution in [0.15, 0.2) is 12.2 Å². The lowest BCUT2D eigenvalue weighted by molar-refractivity contribution is -0.167. The van der Waals surface area contributed by atoms with Gasteiger partial charge in [-0.1, -0.05) is 360 Å². The Morgan fingerprint density at radius 3 is 0.641 bits per heavy atom. The normalized spacial score (nSPS) is 12.0. The monoisotopic (exact) mass is 1100 g/mol. The minimum absolute atomic E-state index is 0.0631. The molecular formula is C72H138O6. The van der Waals surface area contributed by atoms with Gasteiger partial charge >= 0.3 is 17.9 Å². The van der Waals surface area contributed by atoms with E-state index in [9.17, 15) is 14.4 Å². The highest BCUT2D eigenvalue weighted by Crippen LogP contribution is 2.19. The van der Waals surface area contributed by atoms with Crippen molar-refractivity contribution in [1.29, 1.82) is 0 Å². The van der Waals surface area contributed by atoms with Crippen LogP contribution in [-0.2, 0) is 28.6 Å². The summed E-state index contributed by atoms with van der Waals surface area (Å²) in [5.41, 5.74) is 0. The van der Waals surface area contributed by atoms with Gasteiger partial charge in [-0.05, 0) is 44.9 Å². The van der Waals surface area contributed by atoms with E-state index in [0.29, 0.717) is 19.3 Å². The van der Waals surface area contributed by atoms with E-state index in [2.05, 4.69) is 32.9 Å². The highest BCUT2D eigenvalue weighted by Gasteiger charge is 2.19. The molecule has 0 N–H and O–H groups in total. The third kappa shape index (κ3) is 65.0. The third-order valence-corrected chi connectivity index (χ3v) is 16.5. The molecule has 0 rings (SSSR count). The zero-order chi connectivity index (χ0) is 56.4. The molecule has 0 aliphatic carbocycles. The van der Waals surface area contributed by atoms with E-state index in [1.54, 1.807) is 0 Å². The molecule has 462 valence electrons. The minimum atomic E-state index is -0.764. The van der Waals surface area contributed by atoms with Crippen LogP contribution in [0.25, 0.3) is 0 Å². The molecule has 0 aliphatic heterocycles. The predicted molar refractivity (Wildman–Crippen MR) is 340 cm³/mol. The molecule has 0 aromatic carbocycles. The number of hydrogen-bond acceptors (Lipinski definition) is 6. The molecule has 1 unspecified atom stereocenters. The molecule has 1 atom stereocenters. The predicted octanol–water partition coefficient (Wildman–Crippen LogP) is 24.4. The summed E-state index contributed by atoms with van der Waals surface area (Å²) in [5.74, 6) is -0.834. The molecular weight excluding hydrogens is 961 g/mol. The van der Waals surface area contributed by atoms with Gasteiger partial charge in [-0.2, -0.15) is 0 Å². The Morgan fingerprint density at radius 1 is 0.244 bits per heavy atom. The van der Waals surface area contributed by atoms with E-state index >= 15 is 0 Å². The Hall–Kier alpha value is -1.85. The SMILES string of the molecule is CCCCCCCCCC/C=C\CCCCCCCCCCCCCCCCCC(=O)OCC(COC(=O)CCCCCCCCCC)OC(=O)CCCCCCCCCCCCCCCCCCCCCCCCCCC. The first-order chi connectivity index (χ1) is 38.5. The molecule has 0 fully saturated rings. The lowest BCUT2D eigenvalue weighted by Crippen LogP contribution is -2.30. The minimum Gasteiger partial charge on any atom is -0.462 e. The summed E-state index contributed by atoms with van der Waals surface area (Å²) in [6.07, 6.45) is 81.3. The van der Waals surface area contributed by atoms with Crippen LogP contribution in [0.2, 0.25) is 0 Å². The molecule has 0 spiro atoms. The third-order valence-electron chi connectivity index (χ3n) is 16.5. The quantitative estimate of drug-likeness (QED) is 0.0261. The summed E-state index contributed by atoms with van der Waals surface area (Å²) in [6, 6.07) is 0. The van der Waals surface area contributed by atoms with Crippen molar-refractivity contribution in [1.82, 2.24) is 0 Å². The summed E-state index contributed by atoms with van der Waals surface area (Å²) in [4.78, 5) is 38.2. The summed E-state index contributed by atoms with van der Waals surface area (Å²) in [7, 11) is 0. The first-order valence-electron chi connectivity index (χ1n) is 35.7. The first-order valence-corrected chi connectivity index (χ1v) is 35.7. The second-order valence-electron chi connectivity index (χ2n) is 24.5. The molecule has 0 aliphatic rings. The maximum Gasteiger partial charge on any atom is 0.306 e. The molecule has 6 heteroatoms. The first kappa shape index (κ1) is 76.1. The molecule has 0 saturated heterocycles. The summed E-state index contributed by atoms with van der Waals surface area (Å²) in [5, 5.41) is 0. The fourth-order valence-electron chi connectivity index (χ4n) is 11.2. The van der Waals surface area contributed by atoms with Crippen LogP contribution in [0, 0.1) is 0 Å². The number of hydrogen-bond donors (Lipinski definition) is 0. The van der Waals surface area contributed by atoms with Crippen LogP contribution in [0.1, 0.15) is 412 Å². The molecule has 78 heavy (non-hydrogen) atoms. The molecule has 0 aromatic rings. The van der Waals surface area contributed by atoms with E-state index in [4.69, 9.17) is 14.2 Å². The van der Waals surface area contributed by atoms with E-state index in [-0.39, 0.29) is 31.1 Å². The van der Waals surface area contributed by atoms with Crippen LogP contribution < -0.4 is 0 Å². The maximum atomic E-state index is 12.9. The summed E-state index contributed by atoms with van der Waals surface area (Å²) < 4.78 is 16.9. The van der Waals surface area contributed by atoms with Gasteiger partial charge < -0.3 is 14.2 Å². The van der Waals surface area contributed by atoms with Gasteiger partial charge in [0.1, 0.15) is 13.2 Å². The Labute approximate surface area is 488 Å². The maximum absolute atomic E-state index is 12.9. The molecule has 0 heterocycles. The second-order valence-corrected chi connectivity index (χ2v) is 24.5. The van der Waals surface area contributed by atoms with Crippen molar-refractivity contribution in [2.75, 3.05) is 13.2 Å². The van der Waals surface area contributed by atoms with Crippen LogP contribution in [0.5, 0.6) is 0 Å². The Morgan fingerprint density at radius 2 is 0.423 bits per heavy atom. The number of rotatable bonds is 67. The standard InChI is InChI=1S/C72H138O6/c1-4-7-10-13-16-19-21-23-25-27-29-31-33-35-36-38-39-41-43-45-47-49-51-53-56-59-62-65-71(74)77-68-69(67-76-70(73)64-61-58-55-18-15-12-9-6-3)78-72(75)66-63-60-57-54-52-50-48-46-44-42-40-37-34-32-30-28-26-24-22-20-17-14-11-8-5-2/h27,29,69H,4-26,28,30-68H2,1-3H3/b29-27-. The van der Waals surface area contributed by atoms with E-state index in [1.165, 1.54) is 315 Å². The van der Waals surface area contributed by atoms with E-state index in [1.807, 2.05) is 0 Å². The highest BCUT2D eigenvalue weighted by atomic mass is 16.6.